The van der Waals surface area contributed by atoms with E-state index >= 15 is 0 Å². The van der Waals surface area contributed by atoms with Crippen molar-refractivity contribution in [3.63, 3.8) is 0 Å². The number of nitrogens with one attached hydrogen (secondary N) is 1. The van der Waals surface area contributed by atoms with Gasteiger partial charge in [0.15, 0.2) is 11.5 Å². The van der Waals surface area contributed by atoms with Crippen LogP contribution in [0.1, 0.15) is 11.4 Å². The van der Waals surface area contributed by atoms with Crippen LogP contribution in [0.5, 0.6) is 11.5 Å². The van der Waals surface area contributed by atoms with Gasteiger partial charge in [0, 0.05) is 25.2 Å². The van der Waals surface area contributed by atoms with Crippen LogP contribution < -0.4 is 14.8 Å². The van der Waals surface area contributed by atoms with Crippen molar-refractivity contribution in [2.75, 3.05) is 41.4 Å². The van der Waals surface area contributed by atoms with Crippen LogP contribution in [-0.2, 0) is 6.54 Å². The number of methoxy groups -OCH3 is 1. The maximum absolute atomic E-state index is 5.85. The van der Waals surface area contributed by atoms with E-state index in [2.05, 4.69) is 29.3 Å². The van der Waals surface area contributed by atoms with E-state index in [4.69, 9.17) is 9.47 Å². The Hall–Kier alpha value is -1.37. The van der Waals surface area contributed by atoms with Gasteiger partial charge in [-0.25, -0.2) is 4.98 Å². The summed E-state index contributed by atoms with van der Waals surface area (Å²) >= 11 is 1.68. The zero-order valence-corrected chi connectivity index (χ0v) is 13.9. The van der Waals surface area contributed by atoms with Crippen LogP contribution in [-0.4, -0.2) is 51.3 Å². The molecule has 0 radical (unpaired) electrons. The lowest BCUT2D eigenvalue weighted by Crippen LogP contribution is -2.15. The van der Waals surface area contributed by atoms with E-state index in [0.717, 1.165) is 46.2 Å². The summed E-state index contributed by atoms with van der Waals surface area (Å²) < 4.78 is 12.4. The van der Waals surface area contributed by atoms with Crippen LogP contribution in [0, 0.1) is 0 Å². The van der Waals surface area contributed by atoms with Crippen molar-refractivity contribution in [2.24, 2.45) is 0 Å². The molecule has 5 nitrogen and oxygen atoms in total. The molecule has 6 heteroatoms. The molecule has 0 aliphatic rings. The first-order chi connectivity index (χ1) is 10.1. The molecular formula is C15H23N3O2S. The highest BCUT2D eigenvalue weighted by Gasteiger charge is 2.11. The lowest BCUT2D eigenvalue weighted by Gasteiger charge is -2.12. The summed E-state index contributed by atoms with van der Waals surface area (Å²) in [5.41, 5.74) is 0.966. The third kappa shape index (κ3) is 4.30. The third-order valence-electron chi connectivity index (χ3n) is 3.05. The smallest absolute Gasteiger partial charge is 0.163 e. The van der Waals surface area contributed by atoms with Crippen LogP contribution in [0.15, 0.2) is 12.1 Å². The monoisotopic (exact) mass is 309 g/mol. The summed E-state index contributed by atoms with van der Waals surface area (Å²) in [6.07, 6.45) is 0.982. The minimum Gasteiger partial charge on any atom is -0.493 e. The minimum absolute atomic E-state index is 0.674. The van der Waals surface area contributed by atoms with Gasteiger partial charge in [-0.15, -0.1) is 11.3 Å². The molecule has 0 aliphatic heterocycles. The van der Waals surface area contributed by atoms with Crippen molar-refractivity contribution in [1.29, 1.82) is 0 Å². The van der Waals surface area contributed by atoms with Crippen molar-refractivity contribution < 1.29 is 9.47 Å². The summed E-state index contributed by atoms with van der Waals surface area (Å²) in [6.45, 7) is 2.46. The van der Waals surface area contributed by atoms with Gasteiger partial charge in [-0.3, -0.25) is 0 Å². The average Bonchev–Trinajstić information content (AvgIpc) is 2.84. The Balaban J connectivity index is 2.13. The largest absolute Gasteiger partial charge is 0.493 e. The number of nitrogens with zero attached hydrogens (tertiary/aromatic N) is 2. The van der Waals surface area contributed by atoms with Gasteiger partial charge in [-0.1, -0.05) is 0 Å². The summed E-state index contributed by atoms with van der Waals surface area (Å²) in [7, 11) is 7.71. The van der Waals surface area contributed by atoms with Crippen LogP contribution in [0.25, 0.3) is 10.2 Å². The van der Waals surface area contributed by atoms with Crippen molar-refractivity contribution in [1.82, 2.24) is 15.2 Å². The van der Waals surface area contributed by atoms with Gasteiger partial charge in [-0.2, -0.15) is 0 Å². The van der Waals surface area contributed by atoms with Gasteiger partial charge in [0.2, 0.25) is 0 Å². The summed E-state index contributed by atoms with van der Waals surface area (Å²) in [5.74, 6) is 1.54. The highest BCUT2D eigenvalue weighted by molar-refractivity contribution is 7.18. The molecule has 0 unspecified atom stereocenters. The van der Waals surface area contributed by atoms with Crippen molar-refractivity contribution in [2.45, 2.75) is 13.0 Å². The standard InChI is InChI=1S/C15H23N3O2S/c1-16-10-15-17-11-8-13(20-7-5-6-18(2)3)12(19-4)9-14(11)21-15/h8-9,16H,5-7,10H2,1-4H3. The summed E-state index contributed by atoms with van der Waals surface area (Å²) in [6, 6.07) is 3.98. The van der Waals surface area contributed by atoms with Crippen molar-refractivity contribution >= 4 is 21.6 Å². The second-order valence-electron chi connectivity index (χ2n) is 5.11. The second-order valence-corrected chi connectivity index (χ2v) is 6.23. The fraction of sp³-hybridized carbons (Fsp3) is 0.533. The molecule has 116 valence electrons. The number of thiazole rings is 1. The van der Waals surface area contributed by atoms with Gasteiger partial charge < -0.3 is 19.7 Å². The van der Waals surface area contributed by atoms with Crippen molar-refractivity contribution in [3.05, 3.63) is 17.1 Å². The molecule has 1 aromatic carbocycles. The maximum Gasteiger partial charge on any atom is 0.163 e. The Morgan fingerprint density at radius 3 is 2.76 bits per heavy atom. The zero-order chi connectivity index (χ0) is 15.2. The second kappa shape index (κ2) is 7.59. The van der Waals surface area contributed by atoms with E-state index in [1.165, 1.54) is 0 Å². The fourth-order valence-electron chi connectivity index (χ4n) is 2.05. The number of aromatic nitrogens is 1. The Labute approximate surface area is 129 Å². The number of hydrogen-bond acceptors (Lipinski definition) is 6. The van der Waals surface area contributed by atoms with Crippen LogP contribution in [0.2, 0.25) is 0 Å². The molecule has 1 N–H and O–H groups in total. The van der Waals surface area contributed by atoms with E-state index in [1.807, 2.05) is 19.2 Å². The Kier molecular flexibility index (Phi) is 5.78. The van der Waals surface area contributed by atoms with Gasteiger partial charge in [0.25, 0.3) is 0 Å². The highest BCUT2D eigenvalue weighted by atomic mass is 32.1. The first-order valence-corrected chi connectivity index (χ1v) is 7.85. The molecule has 0 atom stereocenters. The molecule has 2 rings (SSSR count). The predicted octanol–water partition coefficient (Wildman–Crippen LogP) is 2.35. The van der Waals surface area contributed by atoms with Gasteiger partial charge >= 0.3 is 0 Å². The topological polar surface area (TPSA) is 46.6 Å². The summed E-state index contributed by atoms with van der Waals surface area (Å²) in [4.78, 5) is 6.75. The molecule has 0 aliphatic carbocycles. The highest BCUT2D eigenvalue weighted by Crippen LogP contribution is 2.35. The molecule has 0 saturated carbocycles. The van der Waals surface area contributed by atoms with Gasteiger partial charge in [-0.05, 0) is 27.6 Å². The number of ether oxygens (including phenoxy) is 2. The first kappa shape index (κ1) is 16.0. The number of hydrogen-bond donors (Lipinski definition) is 1. The third-order valence-corrected chi connectivity index (χ3v) is 4.07. The van der Waals surface area contributed by atoms with Crippen LogP contribution in [0.3, 0.4) is 0 Å². The van der Waals surface area contributed by atoms with E-state index < -0.39 is 0 Å². The number of rotatable bonds is 8. The van der Waals surface area contributed by atoms with E-state index in [-0.39, 0.29) is 0 Å². The quantitative estimate of drug-likeness (QED) is 0.759. The summed E-state index contributed by atoms with van der Waals surface area (Å²) in [5, 5.41) is 4.19. The molecule has 0 fully saturated rings. The zero-order valence-electron chi connectivity index (χ0n) is 13.1. The normalized spacial score (nSPS) is 11.3. The lowest BCUT2D eigenvalue weighted by molar-refractivity contribution is 0.268. The predicted molar refractivity (Wildman–Crippen MR) is 87.6 cm³/mol. The van der Waals surface area contributed by atoms with E-state index in [9.17, 15) is 0 Å². The number of fused-ring (bicyclic) bond motifs is 1. The molecular weight excluding hydrogens is 286 g/mol. The van der Waals surface area contributed by atoms with E-state index in [0.29, 0.717) is 6.61 Å². The number of benzene rings is 1. The lowest BCUT2D eigenvalue weighted by atomic mass is 10.3. The SMILES string of the molecule is CNCc1nc2cc(OCCCN(C)C)c(OC)cc2s1. The average molecular weight is 309 g/mol. The molecule has 1 aromatic heterocycles. The molecule has 21 heavy (non-hydrogen) atoms. The van der Waals surface area contributed by atoms with E-state index in [1.54, 1.807) is 18.4 Å². The molecule has 1 heterocycles. The van der Waals surface area contributed by atoms with Crippen LogP contribution >= 0.6 is 11.3 Å². The molecule has 0 spiro atoms. The minimum atomic E-state index is 0.674. The van der Waals surface area contributed by atoms with Gasteiger partial charge in [0.1, 0.15) is 5.01 Å². The first-order valence-electron chi connectivity index (χ1n) is 7.03. The Bertz CT molecular complexity index is 584. The maximum atomic E-state index is 5.85. The Morgan fingerprint density at radius 2 is 2.10 bits per heavy atom. The van der Waals surface area contributed by atoms with Crippen LogP contribution in [0.4, 0.5) is 0 Å². The fourth-order valence-corrected chi connectivity index (χ4v) is 3.04. The van der Waals surface area contributed by atoms with Gasteiger partial charge in [0.05, 0.1) is 23.9 Å². The molecule has 0 saturated heterocycles. The molecule has 2 aromatic rings. The molecule has 0 amide bonds. The Morgan fingerprint density at radius 1 is 1.29 bits per heavy atom. The molecule has 0 bridgehead atoms. The van der Waals surface area contributed by atoms with Crippen molar-refractivity contribution in [3.8, 4) is 11.5 Å².